The van der Waals surface area contributed by atoms with Crippen molar-refractivity contribution in [1.82, 2.24) is 14.8 Å². The van der Waals surface area contributed by atoms with E-state index in [-0.39, 0.29) is 57.9 Å². The Bertz CT molecular complexity index is 1310. The second kappa shape index (κ2) is 10.2. The molecule has 38 heavy (non-hydrogen) atoms. The third kappa shape index (κ3) is 5.01. The minimum absolute atomic E-state index is 0.0177. The van der Waals surface area contributed by atoms with Crippen molar-refractivity contribution in [1.29, 1.82) is 0 Å². The molecule has 4 atom stereocenters. The predicted octanol–water partition coefficient (Wildman–Crippen LogP) is 5.54. The summed E-state index contributed by atoms with van der Waals surface area (Å²) in [5.41, 5.74) is -0.819. The first-order valence-corrected chi connectivity index (χ1v) is 14.5. The van der Waals surface area contributed by atoms with Crippen LogP contribution in [0, 0.1) is 25.4 Å². The van der Waals surface area contributed by atoms with Crippen molar-refractivity contribution in [3.05, 3.63) is 30.0 Å². The number of anilines is 1. The summed E-state index contributed by atoms with van der Waals surface area (Å²) in [5, 5.41) is 16.0. The maximum Gasteiger partial charge on any atom is 0.410 e. The molecule has 2 bridgehead atoms. The van der Waals surface area contributed by atoms with E-state index in [0.717, 1.165) is 25.8 Å². The number of hydrogen-bond acceptors (Lipinski definition) is 8. The molecule has 13 heteroatoms. The van der Waals surface area contributed by atoms with Crippen LogP contribution in [0.3, 0.4) is 0 Å². The minimum atomic E-state index is -0.631. The van der Waals surface area contributed by atoms with Crippen LogP contribution < -0.4 is 10.1 Å². The molecule has 0 radical (unpaired) electrons. The van der Waals surface area contributed by atoms with Crippen LogP contribution in [0.25, 0.3) is 10.9 Å². The fourth-order valence-corrected chi connectivity index (χ4v) is 6.44. The van der Waals surface area contributed by atoms with Crippen molar-refractivity contribution in [3.63, 3.8) is 0 Å². The van der Waals surface area contributed by atoms with Crippen molar-refractivity contribution >= 4 is 66.9 Å². The smallest absolute Gasteiger partial charge is 0.410 e. The van der Waals surface area contributed by atoms with Crippen LogP contribution in [-0.4, -0.2) is 76.3 Å². The number of likely N-dealkylation sites (N-methyl/N-ethyl adjacent to an activating group) is 1. The van der Waals surface area contributed by atoms with E-state index in [2.05, 4.69) is 31.1 Å². The normalized spacial score (nSPS) is 25.0. The van der Waals surface area contributed by atoms with Gasteiger partial charge in [-0.25, -0.2) is 14.2 Å². The SMILES string of the molecule is CN1CCC[C@H]1COc1nc2c(F)c(Br)c(I)cc2c(NC2C3CC2N(C(=O)OC(C)(C)C)C3)c1[N+](=O)[O-]. The predicted molar refractivity (Wildman–Crippen MR) is 152 cm³/mol. The second-order valence-electron chi connectivity index (χ2n) is 11.2. The number of fused-ring (bicyclic) bond motifs is 2. The number of benzene rings is 1. The summed E-state index contributed by atoms with van der Waals surface area (Å²) in [6.07, 6.45) is 2.29. The Morgan fingerprint density at radius 1 is 1.42 bits per heavy atom. The largest absolute Gasteiger partial charge is 0.471 e. The molecule has 206 valence electrons. The average Bonchev–Trinajstić information content (AvgIpc) is 3.53. The number of nitrogens with one attached hydrogen (secondary N) is 1. The molecule has 1 aromatic heterocycles. The van der Waals surface area contributed by atoms with Gasteiger partial charge in [0.05, 0.1) is 21.5 Å². The number of aromatic nitrogens is 1. The average molecular weight is 706 g/mol. The van der Waals surface area contributed by atoms with Crippen LogP contribution in [0.4, 0.5) is 20.6 Å². The lowest BCUT2D eigenvalue weighted by Gasteiger charge is -2.38. The number of nitrogens with zero attached hydrogens (tertiary/aromatic N) is 4. The van der Waals surface area contributed by atoms with Gasteiger partial charge in [0.15, 0.2) is 5.82 Å². The lowest BCUT2D eigenvalue weighted by molar-refractivity contribution is -0.385. The highest BCUT2D eigenvalue weighted by Gasteiger charge is 2.55. The van der Waals surface area contributed by atoms with Gasteiger partial charge in [0.25, 0.3) is 5.88 Å². The number of pyridine rings is 1. The summed E-state index contributed by atoms with van der Waals surface area (Å²) in [5.74, 6) is -0.737. The molecule has 4 fully saturated rings. The van der Waals surface area contributed by atoms with E-state index in [4.69, 9.17) is 9.47 Å². The molecule has 1 saturated carbocycles. The van der Waals surface area contributed by atoms with Gasteiger partial charge in [0, 0.05) is 27.5 Å². The molecular formula is C25H30BrFIN5O5. The standard InChI is InChI=1S/C25H30BrFIN5O5/c1-25(2,3)38-24(34)32-10-12-8-16(32)19(12)29-21-14-9-15(28)17(26)18(27)20(14)30-23(22(21)33(35)36)37-11-13-6-5-7-31(13)4/h9,12-13,16,19H,5-8,10-11H2,1-4H3,(H,29,30)/t12?,13-,16?,19?/m0/s1. The number of hydrogen-bond donors (Lipinski definition) is 1. The quantitative estimate of drug-likeness (QED) is 0.181. The Morgan fingerprint density at radius 3 is 2.79 bits per heavy atom. The van der Waals surface area contributed by atoms with E-state index >= 15 is 4.39 Å². The maximum absolute atomic E-state index is 15.4. The van der Waals surface area contributed by atoms with Crippen molar-refractivity contribution in [2.24, 2.45) is 5.92 Å². The number of amides is 1. The third-order valence-electron chi connectivity index (χ3n) is 7.56. The Kier molecular flexibility index (Phi) is 7.39. The highest BCUT2D eigenvalue weighted by Crippen LogP contribution is 2.48. The highest BCUT2D eigenvalue weighted by molar-refractivity contribution is 14.1. The van der Waals surface area contributed by atoms with Crippen molar-refractivity contribution < 1.29 is 23.6 Å². The molecule has 6 rings (SSSR count). The van der Waals surface area contributed by atoms with Crippen molar-refractivity contribution in [2.75, 3.05) is 32.1 Å². The molecule has 1 N–H and O–H groups in total. The molecular weight excluding hydrogens is 676 g/mol. The van der Waals surface area contributed by atoms with Gasteiger partial charge in [-0.1, -0.05) is 0 Å². The van der Waals surface area contributed by atoms with Crippen molar-refractivity contribution in [2.45, 2.75) is 63.8 Å². The molecule has 0 spiro atoms. The monoisotopic (exact) mass is 705 g/mol. The van der Waals surface area contributed by atoms with Gasteiger partial charge < -0.3 is 24.6 Å². The molecule has 1 aliphatic carbocycles. The molecule has 4 heterocycles. The third-order valence-corrected chi connectivity index (χ3v) is 9.93. The zero-order valence-corrected chi connectivity index (χ0v) is 25.3. The molecule has 10 nitrogen and oxygen atoms in total. The van der Waals surface area contributed by atoms with Gasteiger partial charge >= 0.3 is 11.8 Å². The van der Waals surface area contributed by atoms with Crippen LogP contribution in [0.15, 0.2) is 10.5 Å². The molecule has 1 amide bonds. The maximum atomic E-state index is 15.4. The number of carbonyl (C=O) groups excluding carboxylic acids is 1. The van der Waals surface area contributed by atoms with Gasteiger partial charge in [-0.3, -0.25) is 10.1 Å². The molecule has 4 aliphatic rings. The van der Waals surface area contributed by atoms with Gasteiger partial charge in [0.1, 0.15) is 23.4 Å². The molecule has 2 aromatic rings. The lowest BCUT2D eigenvalue weighted by atomic mass is 9.79. The van der Waals surface area contributed by atoms with Crippen molar-refractivity contribution in [3.8, 4) is 5.88 Å². The molecule has 1 aromatic carbocycles. The summed E-state index contributed by atoms with van der Waals surface area (Å²) in [6.45, 7) is 7.06. The summed E-state index contributed by atoms with van der Waals surface area (Å²) >= 11 is 5.25. The fourth-order valence-electron chi connectivity index (χ4n) is 5.59. The van der Waals surface area contributed by atoms with E-state index in [9.17, 15) is 14.9 Å². The van der Waals surface area contributed by atoms with Gasteiger partial charge in [0.2, 0.25) is 0 Å². The van der Waals surface area contributed by atoms with Gasteiger partial charge in [-0.05, 0) is 98.2 Å². The Balaban J connectivity index is 1.53. The number of carbonyl (C=O) groups is 1. The first kappa shape index (κ1) is 27.6. The Hall–Kier alpha value is -2.00. The highest BCUT2D eigenvalue weighted by atomic mass is 127. The van der Waals surface area contributed by atoms with E-state index in [0.29, 0.717) is 15.5 Å². The number of likely N-dealkylation sites (tertiary alicyclic amines) is 1. The second-order valence-corrected chi connectivity index (χ2v) is 13.2. The van der Waals surface area contributed by atoms with Crippen LogP contribution >= 0.6 is 38.5 Å². The zero-order valence-electron chi connectivity index (χ0n) is 21.6. The summed E-state index contributed by atoms with van der Waals surface area (Å²) < 4.78 is 27.7. The van der Waals surface area contributed by atoms with E-state index in [1.165, 1.54) is 0 Å². The Morgan fingerprint density at radius 2 is 2.16 bits per heavy atom. The van der Waals surface area contributed by atoms with Gasteiger partial charge in [-0.2, -0.15) is 0 Å². The first-order valence-electron chi connectivity index (χ1n) is 12.6. The number of rotatable bonds is 6. The van der Waals surface area contributed by atoms with Gasteiger partial charge in [-0.15, -0.1) is 0 Å². The topological polar surface area (TPSA) is 110 Å². The molecule has 3 aliphatic heterocycles. The minimum Gasteiger partial charge on any atom is -0.471 e. The summed E-state index contributed by atoms with van der Waals surface area (Å²) in [6, 6.07) is 1.34. The zero-order chi connectivity index (χ0) is 27.5. The van der Waals surface area contributed by atoms with Crippen LogP contribution in [0.2, 0.25) is 0 Å². The summed E-state index contributed by atoms with van der Waals surface area (Å²) in [7, 11) is 1.98. The van der Waals surface area contributed by atoms with E-state index < -0.39 is 22.4 Å². The fraction of sp³-hybridized carbons (Fsp3) is 0.600. The number of nitro groups is 1. The first-order chi connectivity index (χ1) is 17.9. The summed E-state index contributed by atoms with van der Waals surface area (Å²) in [4.78, 5) is 32.8. The number of halogens is 3. The van der Waals surface area contributed by atoms with Crippen LogP contribution in [0.1, 0.15) is 40.0 Å². The molecule has 3 unspecified atom stereocenters. The van der Waals surface area contributed by atoms with E-state index in [1.807, 2.05) is 50.4 Å². The number of ether oxygens (including phenoxy) is 2. The van der Waals surface area contributed by atoms with Crippen LogP contribution in [0.5, 0.6) is 5.88 Å². The van der Waals surface area contributed by atoms with Crippen LogP contribution in [-0.2, 0) is 4.74 Å². The molecule has 3 saturated heterocycles. The Labute approximate surface area is 242 Å². The van der Waals surface area contributed by atoms with E-state index in [1.54, 1.807) is 11.0 Å². The lowest BCUT2D eigenvalue weighted by Crippen LogP contribution is -2.50.